The third-order valence-corrected chi connectivity index (χ3v) is 5.01. The summed E-state index contributed by atoms with van der Waals surface area (Å²) in [6.07, 6.45) is 8.53. The number of fused-ring (bicyclic) bond motifs is 2. The standard InChI is InChI=1S/C16H17BrN2/c17-12-3-4-16-14(9-12)15(10-18-16)11-5-7-19-6-1-2-13(19)8-11/h3-5,9-10,13,18H,1-2,6-8H2/t13-/m1/s1. The molecule has 0 spiro atoms. The Balaban J connectivity index is 1.76. The maximum atomic E-state index is 3.58. The summed E-state index contributed by atoms with van der Waals surface area (Å²) in [6.45, 7) is 2.41. The minimum atomic E-state index is 0.775. The van der Waals surface area contributed by atoms with Crippen molar-refractivity contribution in [2.75, 3.05) is 13.1 Å². The zero-order valence-corrected chi connectivity index (χ0v) is 12.4. The zero-order chi connectivity index (χ0) is 12.8. The van der Waals surface area contributed by atoms with Gasteiger partial charge in [-0.15, -0.1) is 0 Å². The number of hydrogen-bond acceptors (Lipinski definition) is 1. The summed E-state index contributed by atoms with van der Waals surface area (Å²) in [4.78, 5) is 6.02. The van der Waals surface area contributed by atoms with E-state index in [0.717, 1.165) is 17.1 Å². The fourth-order valence-corrected chi connectivity index (χ4v) is 3.87. The lowest BCUT2D eigenvalue weighted by atomic mass is 9.94. The number of benzene rings is 1. The number of rotatable bonds is 1. The molecule has 3 heteroatoms. The Kier molecular flexibility index (Phi) is 2.78. The summed E-state index contributed by atoms with van der Waals surface area (Å²) in [5, 5.41) is 1.34. The number of H-pyrrole nitrogens is 1. The minimum Gasteiger partial charge on any atom is -0.361 e. The Bertz CT molecular complexity index is 656. The van der Waals surface area contributed by atoms with Gasteiger partial charge in [0.15, 0.2) is 0 Å². The lowest BCUT2D eigenvalue weighted by Gasteiger charge is -2.29. The van der Waals surface area contributed by atoms with E-state index in [1.54, 1.807) is 0 Å². The molecule has 4 rings (SSSR count). The molecule has 1 fully saturated rings. The maximum Gasteiger partial charge on any atom is 0.0461 e. The molecule has 2 nitrogen and oxygen atoms in total. The molecule has 0 saturated carbocycles. The van der Waals surface area contributed by atoms with Crippen LogP contribution in [-0.2, 0) is 0 Å². The van der Waals surface area contributed by atoms with Gasteiger partial charge in [0.2, 0.25) is 0 Å². The second kappa shape index (κ2) is 4.50. The van der Waals surface area contributed by atoms with Crippen molar-refractivity contribution in [1.29, 1.82) is 0 Å². The Morgan fingerprint density at radius 2 is 2.26 bits per heavy atom. The quantitative estimate of drug-likeness (QED) is 0.836. The molecule has 3 heterocycles. The molecule has 98 valence electrons. The van der Waals surface area contributed by atoms with Gasteiger partial charge in [0.25, 0.3) is 0 Å². The summed E-state index contributed by atoms with van der Waals surface area (Å²) in [7, 11) is 0. The summed E-state index contributed by atoms with van der Waals surface area (Å²) < 4.78 is 1.15. The van der Waals surface area contributed by atoms with Gasteiger partial charge < -0.3 is 4.98 Å². The van der Waals surface area contributed by atoms with Crippen molar-refractivity contribution in [2.24, 2.45) is 0 Å². The number of nitrogens with zero attached hydrogens (tertiary/aromatic N) is 1. The van der Waals surface area contributed by atoms with Gasteiger partial charge in [0.05, 0.1) is 0 Å². The molecule has 1 aromatic carbocycles. The fraction of sp³-hybridized carbons (Fsp3) is 0.375. The lowest BCUT2D eigenvalue weighted by Crippen LogP contribution is -2.32. The number of aromatic amines is 1. The van der Waals surface area contributed by atoms with Crippen molar-refractivity contribution in [3.8, 4) is 0 Å². The van der Waals surface area contributed by atoms with Crippen LogP contribution < -0.4 is 0 Å². The monoisotopic (exact) mass is 316 g/mol. The third-order valence-electron chi connectivity index (χ3n) is 4.52. The summed E-state index contributed by atoms with van der Waals surface area (Å²) in [6, 6.07) is 7.24. The maximum absolute atomic E-state index is 3.58. The van der Waals surface area contributed by atoms with Gasteiger partial charge in [-0.25, -0.2) is 0 Å². The highest BCUT2D eigenvalue weighted by Gasteiger charge is 2.28. The van der Waals surface area contributed by atoms with Gasteiger partial charge in [0.1, 0.15) is 0 Å². The van der Waals surface area contributed by atoms with Crippen molar-refractivity contribution < 1.29 is 0 Å². The first-order chi connectivity index (χ1) is 9.31. The van der Waals surface area contributed by atoms with Crippen LogP contribution >= 0.6 is 15.9 Å². The molecule has 0 radical (unpaired) electrons. The van der Waals surface area contributed by atoms with Crippen LogP contribution in [-0.4, -0.2) is 29.0 Å². The first kappa shape index (κ1) is 11.7. The molecule has 2 aliphatic rings. The zero-order valence-electron chi connectivity index (χ0n) is 10.8. The number of aromatic nitrogens is 1. The van der Waals surface area contributed by atoms with E-state index < -0.39 is 0 Å². The highest BCUT2D eigenvalue weighted by atomic mass is 79.9. The molecule has 2 aliphatic heterocycles. The molecule has 0 amide bonds. The predicted octanol–water partition coefficient (Wildman–Crippen LogP) is 4.18. The summed E-state index contributed by atoms with van der Waals surface area (Å²) in [5.41, 5.74) is 4.14. The first-order valence-electron chi connectivity index (χ1n) is 7.01. The van der Waals surface area contributed by atoms with E-state index in [-0.39, 0.29) is 0 Å². The SMILES string of the molecule is Brc1ccc2[nH]cc(C3=CCN4CCC[C@@H]4C3)c2c1. The topological polar surface area (TPSA) is 19.0 Å². The van der Waals surface area contributed by atoms with Crippen LogP contribution in [0, 0.1) is 0 Å². The minimum absolute atomic E-state index is 0.775. The summed E-state index contributed by atoms with van der Waals surface area (Å²) >= 11 is 3.58. The van der Waals surface area contributed by atoms with Crippen LogP contribution in [0.15, 0.2) is 34.9 Å². The Hall–Kier alpha value is -1.06. The number of nitrogens with one attached hydrogen (secondary N) is 1. The van der Waals surface area contributed by atoms with Gasteiger partial charge in [-0.2, -0.15) is 0 Å². The fourth-order valence-electron chi connectivity index (χ4n) is 3.51. The number of hydrogen-bond donors (Lipinski definition) is 1. The second-order valence-electron chi connectivity index (χ2n) is 5.62. The van der Waals surface area contributed by atoms with Crippen molar-refractivity contribution in [1.82, 2.24) is 9.88 Å². The van der Waals surface area contributed by atoms with E-state index in [0.29, 0.717) is 0 Å². The van der Waals surface area contributed by atoms with E-state index >= 15 is 0 Å². The Morgan fingerprint density at radius 3 is 3.21 bits per heavy atom. The normalized spacial score (nSPS) is 23.6. The Labute approximate surface area is 121 Å². The van der Waals surface area contributed by atoms with Crippen LogP contribution in [0.5, 0.6) is 0 Å². The molecule has 1 atom stereocenters. The first-order valence-corrected chi connectivity index (χ1v) is 7.80. The molecular weight excluding hydrogens is 300 g/mol. The van der Waals surface area contributed by atoms with Crippen LogP contribution in [0.4, 0.5) is 0 Å². The third kappa shape index (κ3) is 1.96. The molecule has 0 bridgehead atoms. The Morgan fingerprint density at radius 1 is 1.32 bits per heavy atom. The van der Waals surface area contributed by atoms with Crippen molar-refractivity contribution in [3.05, 3.63) is 40.5 Å². The van der Waals surface area contributed by atoms with Crippen LogP contribution in [0.2, 0.25) is 0 Å². The smallest absolute Gasteiger partial charge is 0.0461 e. The largest absolute Gasteiger partial charge is 0.361 e. The lowest BCUT2D eigenvalue weighted by molar-refractivity contribution is 0.275. The van der Waals surface area contributed by atoms with Crippen LogP contribution in [0.25, 0.3) is 16.5 Å². The molecule has 1 aromatic heterocycles. The highest BCUT2D eigenvalue weighted by molar-refractivity contribution is 9.10. The van der Waals surface area contributed by atoms with Crippen molar-refractivity contribution in [2.45, 2.75) is 25.3 Å². The van der Waals surface area contributed by atoms with E-state index in [4.69, 9.17) is 0 Å². The molecular formula is C16H17BrN2. The van der Waals surface area contributed by atoms with Gasteiger partial charge in [-0.1, -0.05) is 22.0 Å². The molecule has 19 heavy (non-hydrogen) atoms. The van der Waals surface area contributed by atoms with Crippen molar-refractivity contribution >= 4 is 32.4 Å². The summed E-state index contributed by atoms with van der Waals surface area (Å²) in [5.74, 6) is 0. The van der Waals surface area contributed by atoms with Crippen LogP contribution in [0.3, 0.4) is 0 Å². The van der Waals surface area contributed by atoms with Gasteiger partial charge >= 0.3 is 0 Å². The average Bonchev–Trinajstić information content (AvgIpc) is 3.03. The van der Waals surface area contributed by atoms with E-state index in [2.05, 4.69) is 56.3 Å². The van der Waals surface area contributed by atoms with E-state index in [1.807, 2.05) is 0 Å². The van der Waals surface area contributed by atoms with Gasteiger partial charge in [-0.05, 0) is 49.6 Å². The molecule has 2 aromatic rings. The molecule has 1 N–H and O–H groups in total. The number of halogens is 1. The van der Waals surface area contributed by atoms with E-state index in [9.17, 15) is 0 Å². The van der Waals surface area contributed by atoms with Crippen molar-refractivity contribution in [3.63, 3.8) is 0 Å². The molecule has 0 aliphatic carbocycles. The predicted molar refractivity (Wildman–Crippen MR) is 83.2 cm³/mol. The van der Waals surface area contributed by atoms with Gasteiger partial charge in [0, 0.05) is 39.7 Å². The highest BCUT2D eigenvalue weighted by Crippen LogP contribution is 2.35. The average molecular weight is 317 g/mol. The molecule has 0 unspecified atom stereocenters. The van der Waals surface area contributed by atoms with Crippen LogP contribution in [0.1, 0.15) is 24.8 Å². The van der Waals surface area contributed by atoms with E-state index in [1.165, 1.54) is 47.8 Å². The van der Waals surface area contributed by atoms with Gasteiger partial charge in [-0.3, -0.25) is 4.90 Å². The molecule has 1 saturated heterocycles. The second-order valence-corrected chi connectivity index (χ2v) is 6.53.